The Bertz CT molecular complexity index is 1410. The summed E-state index contributed by atoms with van der Waals surface area (Å²) in [5.74, 6) is -0.466. The molecule has 3 aromatic rings. The van der Waals surface area contributed by atoms with Crippen LogP contribution in [0.1, 0.15) is 53.1 Å². The molecular weight excluding hydrogens is 525 g/mol. The Labute approximate surface area is 230 Å². The number of anilines is 3. The maximum Gasteiger partial charge on any atom is 0.419 e. The van der Waals surface area contributed by atoms with Gasteiger partial charge in [0.05, 0.1) is 11.3 Å². The zero-order valence-electron chi connectivity index (χ0n) is 22.4. The molecule has 0 radical (unpaired) electrons. The highest BCUT2D eigenvalue weighted by Gasteiger charge is 2.36. The monoisotopic (exact) mass is 556 g/mol. The number of nitrogens with one attached hydrogen (secondary N) is 1. The molecule has 2 aliphatic rings. The van der Waals surface area contributed by atoms with Gasteiger partial charge in [-0.05, 0) is 54.3 Å². The average molecular weight is 557 g/mol. The van der Waals surface area contributed by atoms with Crippen molar-refractivity contribution in [3.05, 3.63) is 64.6 Å². The summed E-state index contributed by atoms with van der Waals surface area (Å²) in [5.41, 5.74) is 3.86. The van der Waals surface area contributed by atoms with Crippen molar-refractivity contribution in [2.24, 2.45) is 0 Å². The fourth-order valence-electron chi connectivity index (χ4n) is 5.33. The molecule has 0 atom stereocenters. The molecule has 1 N–H and O–H groups in total. The number of aromatic nitrogens is 3. The minimum Gasteiger partial charge on any atom is -0.374 e. The molecule has 1 amide bonds. The summed E-state index contributed by atoms with van der Waals surface area (Å²) in [6, 6.07) is 8.30. The highest BCUT2D eigenvalue weighted by atomic mass is 32.2. The van der Waals surface area contributed by atoms with Crippen LogP contribution in [0.2, 0.25) is 0 Å². The van der Waals surface area contributed by atoms with Gasteiger partial charge in [0.15, 0.2) is 5.16 Å². The molecule has 0 bridgehead atoms. The summed E-state index contributed by atoms with van der Waals surface area (Å²) in [6.07, 6.45) is 0.422. The predicted molar refractivity (Wildman–Crippen MR) is 148 cm³/mol. The first-order chi connectivity index (χ1) is 18.5. The first-order valence-electron chi connectivity index (χ1n) is 12.9. The fourth-order valence-corrected chi connectivity index (χ4v) is 5.71. The molecule has 0 saturated heterocycles. The van der Waals surface area contributed by atoms with Crippen LogP contribution in [0, 0.1) is 0 Å². The zero-order valence-corrected chi connectivity index (χ0v) is 23.2. The number of nitrogens with zero attached hydrogens (tertiary/aromatic N) is 5. The largest absolute Gasteiger partial charge is 0.419 e. The second-order valence-electron chi connectivity index (χ2n) is 10.6. The first kappa shape index (κ1) is 27.2. The van der Waals surface area contributed by atoms with E-state index in [0.717, 1.165) is 24.7 Å². The van der Waals surface area contributed by atoms with E-state index in [2.05, 4.69) is 45.1 Å². The van der Waals surface area contributed by atoms with Gasteiger partial charge in [0.2, 0.25) is 0 Å². The van der Waals surface area contributed by atoms with E-state index in [0.29, 0.717) is 41.5 Å². The number of fused-ring (bicyclic) bond motifs is 2. The van der Waals surface area contributed by atoms with Crippen LogP contribution < -0.4 is 15.1 Å². The van der Waals surface area contributed by atoms with E-state index >= 15 is 0 Å². The molecule has 4 heterocycles. The molecule has 2 aromatic heterocycles. The van der Waals surface area contributed by atoms with Crippen LogP contribution in [-0.2, 0) is 24.4 Å². The van der Waals surface area contributed by atoms with Gasteiger partial charge in [-0.25, -0.2) is 15.0 Å². The Balaban J connectivity index is 1.44. The second kappa shape index (κ2) is 10.3. The summed E-state index contributed by atoms with van der Waals surface area (Å²) in [5, 5.41) is 3.46. The maximum atomic E-state index is 13.7. The number of thioether (sulfide) groups is 1. The van der Waals surface area contributed by atoms with Crippen LogP contribution in [-0.4, -0.2) is 53.8 Å². The smallest absolute Gasteiger partial charge is 0.374 e. The van der Waals surface area contributed by atoms with Crippen LogP contribution in [0.3, 0.4) is 0 Å². The number of amides is 1. The number of alkyl halides is 3. The SMILES string of the molecule is CSc1nc2c(c(C(=O)Nc3ccc4c(c3)N(C)CCC4(C)C)n1)CCN(c1ncccc1C(F)(F)F)CC2. The third kappa shape index (κ3) is 5.41. The third-order valence-electron chi connectivity index (χ3n) is 7.58. The van der Waals surface area contributed by atoms with Crippen LogP contribution in [0.5, 0.6) is 0 Å². The number of hydrogen-bond acceptors (Lipinski definition) is 7. The Hall–Kier alpha value is -3.34. The van der Waals surface area contributed by atoms with Gasteiger partial charge in [-0.2, -0.15) is 13.2 Å². The lowest BCUT2D eigenvalue weighted by Crippen LogP contribution is -2.34. The number of carbonyl (C=O) groups excluding carboxylic acids is 1. The van der Waals surface area contributed by atoms with Crippen molar-refractivity contribution in [1.82, 2.24) is 15.0 Å². The molecule has 206 valence electrons. The maximum absolute atomic E-state index is 13.7. The van der Waals surface area contributed by atoms with Gasteiger partial charge < -0.3 is 15.1 Å². The average Bonchev–Trinajstić information content (AvgIpc) is 3.12. The van der Waals surface area contributed by atoms with E-state index < -0.39 is 11.7 Å². The lowest BCUT2D eigenvalue weighted by Gasteiger charge is -2.38. The van der Waals surface area contributed by atoms with Crippen molar-refractivity contribution in [3.63, 3.8) is 0 Å². The lowest BCUT2D eigenvalue weighted by atomic mass is 9.78. The van der Waals surface area contributed by atoms with Gasteiger partial charge >= 0.3 is 6.18 Å². The third-order valence-corrected chi connectivity index (χ3v) is 8.13. The quantitative estimate of drug-likeness (QED) is 0.332. The predicted octanol–water partition coefficient (Wildman–Crippen LogP) is 5.59. The minimum atomic E-state index is -4.52. The highest BCUT2D eigenvalue weighted by Crippen LogP contribution is 2.40. The molecule has 1 aromatic carbocycles. The van der Waals surface area contributed by atoms with Gasteiger partial charge in [0.25, 0.3) is 5.91 Å². The molecule has 2 aliphatic heterocycles. The standard InChI is InChI=1S/C28H31F3N6OS/c1-27(2)11-15-36(3)22-16-17(7-8-19(22)27)33-25(38)23-18-9-13-37(14-10-21(18)34-26(35-23)39-4)24-20(28(29,30)31)6-5-12-32-24/h5-8,12,16H,9-11,13-15H2,1-4H3,(H,33,38). The second-order valence-corrected chi connectivity index (χ2v) is 11.4. The Kier molecular flexibility index (Phi) is 7.21. The molecule has 39 heavy (non-hydrogen) atoms. The Morgan fingerprint density at radius 1 is 1.10 bits per heavy atom. The van der Waals surface area contributed by atoms with Crippen molar-refractivity contribution < 1.29 is 18.0 Å². The van der Waals surface area contributed by atoms with Gasteiger partial charge in [0, 0.05) is 56.2 Å². The van der Waals surface area contributed by atoms with Crippen molar-refractivity contribution in [3.8, 4) is 0 Å². The molecule has 0 aliphatic carbocycles. The Morgan fingerprint density at radius 3 is 2.62 bits per heavy atom. The van der Waals surface area contributed by atoms with Crippen molar-refractivity contribution in [1.29, 1.82) is 0 Å². The molecule has 11 heteroatoms. The van der Waals surface area contributed by atoms with Gasteiger partial charge in [-0.15, -0.1) is 0 Å². The highest BCUT2D eigenvalue weighted by molar-refractivity contribution is 7.98. The molecule has 0 spiro atoms. The number of rotatable bonds is 4. The van der Waals surface area contributed by atoms with Crippen LogP contribution >= 0.6 is 11.8 Å². The summed E-state index contributed by atoms with van der Waals surface area (Å²) >= 11 is 1.32. The first-order valence-corrected chi connectivity index (χ1v) is 14.1. The minimum absolute atomic E-state index is 0.0487. The van der Waals surface area contributed by atoms with Gasteiger partial charge in [-0.1, -0.05) is 31.7 Å². The van der Waals surface area contributed by atoms with E-state index in [1.165, 1.54) is 29.6 Å². The molecule has 7 nitrogen and oxygen atoms in total. The number of hydrogen-bond donors (Lipinski definition) is 1. The molecule has 0 saturated carbocycles. The van der Waals surface area contributed by atoms with E-state index in [1.807, 2.05) is 25.4 Å². The van der Waals surface area contributed by atoms with Crippen LogP contribution in [0.4, 0.5) is 30.4 Å². The topological polar surface area (TPSA) is 74.2 Å². The Morgan fingerprint density at radius 2 is 1.87 bits per heavy atom. The number of pyridine rings is 1. The zero-order chi connectivity index (χ0) is 27.9. The van der Waals surface area contributed by atoms with Crippen molar-refractivity contribution in [2.45, 2.75) is 49.9 Å². The lowest BCUT2D eigenvalue weighted by molar-refractivity contribution is -0.137. The van der Waals surface area contributed by atoms with E-state index in [1.54, 1.807) is 4.90 Å². The van der Waals surface area contributed by atoms with E-state index in [9.17, 15) is 18.0 Å². The number of benzene rings is 1. The van der Waals surface area contributed by atoms with E-state index in [4.69, 9.17) is 0 Å². The van der Waals surface area contributed by atoms with Crippen molar-refractivity contribution >= 4 is 34.9 Å². The summed E-state index contributed by atoms with van der Waals surface area (Å²) in [4.78, 5) is 30.6. The fraction of sp³-hybridized carbons (Fsp3) is 0.429. The normalized spacial score (nSPS) is 16.8. The van der Waals surface area contributed by atoms with Crippen LogP contribution in [0.15, 0.2) is 41.7 Å². The summed E-state index contributed by atoms with van der Waals surface area (Å²) < 4.78 is 41.0. The van der Waals surface area contributed by atoms with E-state index in [-0.39, 0.29) is 29.4 Å². The van der Waals surface area contributed by atoms with Crippen LogP contribution in [0.25, 0.3) is 0 Å². The van der Waals surface area contributed by atoms with Crippen molar-refractivity contribution in [2.75, 3.05) is 48.1 Å². The molecular formula is C28H31F3N6OS. The number of carbonyl (C=O) groups is 1. The molecule has 0 unspecified atom stereocenters. The summed E-state index contributed by atoms with van der Waals surface area (Å²) in [6.45, 7) is 5.93. The van der Waals surface area contributed by atoms with Gasteiger partial charge in [0.1, 0.15) is 11.5 Å². The van der Waals surface area contributed by atoms with Gasteiger partial charge in [-0.3, -0.25) is 4.79 Å². The molecule has 0 fully saturated rings. The molecule has 5 rings (SSSR count). The summed E-state index contributed by atoms with van der Waals surface area (Å²) in [7, 11) is 2.05. The number of halogens is 3.